The van der Waals surface area contributed by atoms with Crippen molar-refractivity contribution >= 4 is 0 Å². The molecule has 2 heteroatoms. The van der Waals surface area contributed by atoms with E-state index in [1.54, 1.807) is 0 Å². The van der Waals surface area contributed by atoms with Crippen LogP contribution in [-0.2, 0) is 4.74 Å². The van der Waals surface area contributed by atoms with Gasteiger partial charge in [-0.2, -0.15) is 0 Å². The van der Waals surface area contributed by atoms with Gasteiger partial charge in [0.1, 0.15) is 0 Å². The molecular formula is C8H14O2. The molecule has 1 aliphatic heterocycles. The summed E-state index contributed by atoms with van der Waals surface area (Å²) in [6, 6.07) is 0. The lowest BCUT2D eigenvalue weighted by Gasteiger charge is -2.13. The van der Waals surface area contributed by atoms with Crippen LogP contribution in [0.15, 0.2) is 0 Å². The molecule has 0 spiro atoms. The van der Waals surface area contributed by atoms with Crippen LogP contribution in [0.3, 0.4) is 0 Å². The first-order valence-corrected chi connectivity index (χ1v) is 4.11. The Morgan fingerprint density at radius 3 is 3.20 bits per heavy atom. The van der Waals surface area contributed by atoms with Crippen LogP contribution in [0.25, 0.3) is 0 Å². The van der Waals surface area contributed by atoms with Crippen molar-refractivity contribution in [2.24, 2.45) is 5.92 Å². The zero-order chi connectivity index (χ0) is 7.03. The maximum absolute atomic E-state index is 9.67. The van der Waals surface area contributed by atoms with E-state index in [0.717, 1.165) is 38.9 Å². The van der Waals surface area contributed by atoms with Crippen molar-refractivity contribution in [1.82, 2.24) is 0 Å². The maximum atomic E-state index is 9.67. The Balaban J connectivity index is 1.91. The van der Waals surface area contributed by atoms with E-state index in [9.17, 15) is 5.11 Å². The largest absolute Gasteiger partial charge is 0.389 e. The normalized spacial score (nSPS) is 47.1. The lowest BCUT2D eigenvalue weighted by molar-refractivity contribution is 0.0426. The molecule has 0 unspecified atom stereocenters. The van der Waals surface area contributed by atoms with Crippen molar-refractivity contribution in [1.29, 1.82) is 0 Å². The van der Waals surface area contributed by atoms with Crippen molar-refractivity contribution in [3.8, 4) is 0 Å². The fourth-order valence-corrected chi connectivity index (χ4v) is 1.83. The van der Waals surface area contributed by atoms with E-state index in [4.69, 9.17) is 4.74 Å². The second kappa shape index (κ2) is 2.21. The Bertz CT molecular complexity index is 135. The van der Waals surface area contributed by atoms with Crippen LogP contribution in [0.4, 0.5) is 0 Å². The minimum Gasteiger partial charge on any atom is -0.389 e. The molecule has 58 valence electrons. The highest BCUT2D eigenvalue weighted by Crippen LogP contribution is 2.49. The fourth-order valence-electron chi connectivity index (χ4n) is 1.83. The highest BCUT2D eigenvalue weighted by molar-refractivity contribution is 5.03. The smallest absolute Gasteiger partial charge is 0.0702 e. The molecule has 0 aromatic rings. The van der Waals surface area contributed by atoms with Crippen LogP contribution >= 0.6 is 0 Å². The first kappa shape index (κ1) is 6.62. The zero-order valence-electron chi connectivity index (χ0n) is 6.18. The standard InChI is InChI=1S/C8H14O2/c9-8-3-5-10-4-1-2-7(8)6-8/h7,9H,1-6H2/t7-,8-/m0/s1. The minimum absolute atomic E-state index is 0.305. The van der Waals surface area contributed by atoms with Gasteiger partial charge in [0.25, 0.3) is 0 Å². The molecule has 0 radical (unpaired) electrons. The van der Waals surface area contributed by atoms with E-state index in [1.165, 1.54) is 0 Å². The van der Waals surface area contributed by atoms with Gasteiger partial charge in [0.05, 0.1) is 5.60 Å². The third kappa shape index (κ3) is 1.06. The molecule has 1 saturated carbocycles. The third-order valence-corrected chi connectivity index (χ3v) is 2.72. The highest BCUT2D eigenvalue weighted by atomic mass is 16.5. The first-order valence-electron chi connectivity index (χ1n) is 4.11. The van der Waals surface area contributed by atoms with Crippen LogP contribution in [0.1, 0.15) is 25.7 Å². The molecule has 0 bridgehead atoms. The summed E-state index contributed by atoms with van der Waals surface area (Å²) in [5.41, 5.74) is -0.305. The third-order valence-electron chi connectivity index (χ3n) is 2.72. The molecule has 0 aromatic heterocycles. The summed E-state index contributed by atoms with van der Waals surface area (Å²) >= 11 is 0. The van der Waals surface area contributed by atoms with Crippen molar-refractivity contribution < 1.29 is 9.84 Å². The fraction of sp³-hybridized carbons (Fsp3) is 1.00. The molecule has 0 aromatic carbocycles. The Morgan fingerprint density at radius 2 is 2.30 bits per heavy atom. The summed E-state index contributed by atoms with van der Waals surface area (Å²) < 4.78 is 5.28. The van der Waals surface area contributed by atoms with Gasteiger partial charge in [-0.25, -0.2) is 0 Å². The molecule has 1 N–H and O–H groups in total. The van der Waals surface area contributed by atoms with Gasteiger partial charge >= 0.3 is 0 Å². The van der Waals surface area contributed by atoms with Crippen LogP contribution in [-0.4, -0.2) is 23.9 Å². The van der Waals surface area contributed by atoms with Gasteiger partial charge in [0.15, 0.2) is 0 Å². The lowest BCUT2D eigenvalue weighted by Crippen LogP contribution is -2.17. The summed E-state index contributed by atoms with van der Waals surface area (Å²) in [7, 11) is 0. The van der Waals surface area contributed by atoms with Gasteiger partial charge < -0.3 is 9.84 Å². The summed E-state index contributed by atoms with van der Waals surface area (Å²) in [6.07, 6.45) is 4.18. The number of fused-ring (bicyclic) bond motifs is 1. The van der Waals surface area contributed by atoms with Crippen molar-refractivity contribution in [3.05, 3.63) is 0 Å². The van der Waals surface area contributed by atoms with Crippen LogP contribution < -0.4 is 0 Å². The van der Waals surface area contributed by atoms with Crippen LogP contribution in [0.2, 0.25) is 0 Å². The van der Waals surface area contributed by atoms with Gasteiger partial charge in [-0.15, -0.1) is 0 Å². The molecule has 2 rings (SSSR count). The summed E-state index contributed by atoms with van der Waals surface area (Å²) in [5.74, 6) is 0.608. The second-order valence-electron chi connectivity index (χ2n) is 3.51. The van der Waals surface area contributed by atoms with Crippen LogP contribution in [0, 0.1) is 5.92 Å². The molecule has 2 nitrogen and oxygen atoms in total. The topological polar surface area (TPSA) is 29.5 Å². The zero-order valence-corrected chi connectivity index (χ0v) is 6.18. The number of hydrogen-bond donors (Lipinski definition) is 1. The Hall–Kier alpha value is -0.0800. The summed E-state index contributed by atoms with van der Waals surface area (Å²) in [6.45, 7) is 1.65. The Labute approximate surface area is 61.2 Å². The van der Waals surface area contributed by atoms with E-state index in [2.05, 4.69) is 0 Å². The SMILES string of the molecule is O[C@]12CCOCCC[C@H]1C2. The van der Waals surface area contributed by atoms with E-state index < -0.39 is 0 Å². The van der Waals surface area contributed by atoms with E-state index in [0.29, 0.717) is 5.92 Å². The number of aliphatic hydroxyl groups is 1. The summed E-state index contributed by atoms with van der Waals surface area (Å²) in [4.78, 5) is 0. The van der Waals surface area contributed by atoms with E-state index >= 15 is 0 Å². The van der Waals surface area contributed by atoms with Crippen molar-refractivity contribution in [3.63, 3.8) is 0 Å². The lowest BCUT2D eigenvalue weighted by atomic mass is 10.1. The molecular weight excluding hydrogens is 128 g/mol. The quantitative estimate of drug-likeness (QED) is 0.545. The highest BCUT2D eigenvalue weighted by Gasteiger charge is 2.51. The van der Waals surface area contributed by atoms with Gasteiger partial charge in [0.2, 0.25) is 0 Å². The first-order chi connectivity index (χ1) is 4.81. The van der Waals surface area contributed by atoms with Gasteiger partial charge in [-0.3, -0.25) is 0 Å². The number of hydrogen-bond acceptors (Lipinski definition) is 2. The monoisotopic (exact) mass is 142 g/mol. The molecule has 0 amide bonds. The van der Waals surface area contributed by atoms with Crippen LogP contribution in [0.5, 0.6) is 0 Å². The Kier molecular flexibility index (Phi) is 1.46. The number of rotatable bonds is 0. The molecule has 2 atom stereocenters. The Morgan fingerprint density at radius 1 is 1.40 bits per heavy atom. The molecule has 1 aliphatic carbocycles. The molecule has 1 saturated heterocycles. The minimum atomic E-state index is -0.305. The molecule has 2 aliphatic rings. The second-order valence-corrected chi connectivity index (χ2v) is 3.51. The predicted molar refractivity (Wildman–Crippen MR) is 37.7 cm³/mol. The predicted octanol–water partition coefficient (Wildman–Crippen LogP) is 0.938. The van der Waals surface area contributed by atoms with E-state index in [-0.39, 0.29) is 5.60 Å². The molecule has 2 fully saturated rings. The summed E-state index contributed by atoms with van der Waals surface area (Å²) in [5, 5.41) is 9.67. The van der Waals surface area contributed by atoms with Crippen molar-refractivity contribution in [2.75, 3.05) is 13.2 Å². The average Bonchev–Trinajstić information content (AvgIpc) is 2.44. The van der Waals surface area contributed by atoms with Gasteiger partial charge in [-0.05, 0) is 31.6 Å². The number of ether oxygens (including phenoxy) is 1. The van der Waals surface area contributed by atoms with Gasteiger partial charge in [0, 0.05) is 13.2 Å². The van der Waals surface area contributed by atoms with Crippen molar-refractivity contribution in [2.45, 2.75) is 31.3 Å². The average molecular weight is 142 g/mol. The maximum Gasteiger partial charge on any atom is 0.0702 e. The molecule has 1 heterocycles. The van der Waals surface area contributed by atoms with Gasteiger partial charge in [-0.1, -0.05) is 0 Å². The van der Waals surface area contributed by atoms with E-state index in [1.807, 2.05) is 0 Å². The molecule has 10 heavy (non-hydrogen) atoms.